The fourth-order valence-electron chi connectivity index (χ4n) is 2.67. The average Bonchev–Trinajstić information content (AvgIpc) is 2.31. The lowest BCUT2D eigenvalue weighted by Crippen LogP contribution is -2.24. The van der Waals surface area contributed by atoms with Gasteiger partial charge in [-0.25, -0.2) is 0 Å². The minimum absolute atomic E-state index is 0.601. The van der Waals surface area contributed by atoms with E-state index in [1.165, 1.54) is 25.7 Å². The van der Waals surface area contributed by atoms with Gasteiger partial charge in [-0.2, -0.15) is 0 Å². The van der Waals surface area contributed by atoms with Gasteiger partial charge in [-0.3, -0.25) is 0 Å². The lowest BCUT2D eigenvalue weighted by molar-refractivity contribution is 0.170. The third-order valence-electron chi connectivity index (χ3n) is 4.65. The van der Waals surface area contributed by atoms with Crippen LogP contribution in [0.25, 0.3) is 0 Å². The van der Waals surface area contributed by atoms with Crippen LogP contribution in [-0.2, 0) is 0 Å². The molecule has 0 aromatic carbocycles. The van der Waals surface area contributed by atoms with Crippen LogP contribution >= 0.6 is 0 Å². The Morgan fingerprint density at radius 3 is 2.31 bits per heavy atom. The Kier molecular flexibility index (Phi) is 3.43. The van der Waals surface area contributed by atoms with E-state index in [0.717, 1.165) is 17.8 Å². The third kappa shape index (κ3) is 2.27. The fraction of sp³-hybridized carbons (Fsp3) is 1.00. The summed E-state index contributed by atoms with van der Waals surface area (Å²) in [6.07, 6.45) is 5.72. The van der Waals surface area contributed by atoms with Crippen molar-refractivity contribution in [1.82, 2.24) is 0 Å². The molecule has 0 spiro atoms. The van der Waals surface area contributed by atoms with Gasteiger partial charge in [0, 0.05) is 0 Å². The summed E-state index contributed by atoms with van der Waals surface area (Å²) in [5.74, 6) is 2.84. The maximum atomic E-state index is 2.47. The van der Waals surface area contributed by atoms with E-state index in [-0.39, 0.29) is 0 Å². The van der Waals surface area contributed by atoms with E-state index < -0.39 is 0 Å². The number of hydrogen-bond acceptors (Lipinski definition) is 0. The van der Waals surface area contributed by atoms with Crippen LogP contribution in [0.4, 0.5) is 0 Å². The molecule has 3 atom stereocenters. The van der Waals surface area contributed by atoms with Crippen molar-refractivity contribution in [3.05, 3.63) is 0 Å². The maximum Gasteiger partial charge on any atom is -0.0300 e. The van der Waals surface area contributed by atoms with Crippen molar-refractivity contribution < 1.29 is 0 Å². The molecule has 78 valence electrons. The Balaban J connectivity index is 2.52. The molecular formula is C13H26. The molecule has 1 aliphatic rings. The molecule has 1 saturated carbocycles. The zero-order chi connectivity index (χ0) is 10.1. The molecule has 0 aromatic rings. The first-order valence-corrected chi connectivity index (χ1v) is 5.98. The lowest BCUT2D eigenvalue weighted by Gasteiger charge is -2.32. The molecule has 0 amide bonds. The van der Waals surface area contributed by atoms with E-state index in [9.17, 15) is 0 Å². The molecule has 0 heterocycles. The van der Waals surface area contributed by atoms with E-state index in [0.29, 0.717) is 5.41 Å². The monoisotopic (exact) mass is 182 g/mol. The van der Waals surface area contributed by atoms with E-state index in [1.54, 1.807) is 0 Å². The fourth-order valence-corrected chi connectivity index (χ4v) is 2.67. The molecule has 1 fully saturated rings. The largest absolute Gasteiger partial charge is 0.0651 e. The molecule has 0 bridgehead atoms. The summed E-state index contributed by atoms with van der Waals surface area (Å²) in [7, 11) is 0. The van der Waals surface area contributed by atoms with Gasteiger partial charge in [-0.15, -0.1) is 0 Å². The zero-order valence-corrected chi connectivity index (χ0v) is 10.1. The van der Waals surface area contributed by atoms with Crippen LogP contribution in [0.2, 0.25) is 0 Å². The molecule has 1 rings (SSSR count). The smallest absolute Gasteiger partial charge is 0.0300 e. The maximum absolute atomic E-state index is 2.47. The van der Waals surface area contributed by atoms with Gasteiger partial charge in [0.25, 0.3) is 0 Å². The minimum Gasteiger partial charge on any atom is -0.0651 e. The van der Waals surface area contributed by atoms with Crippen molar-refractivity contribution in [3.63, 3.8) is 0 Å². The van der Waals surface area contributed by atoms with Gasteiger partial charge in [-0.05, 0) is 42.4 Å². The Morgan fingerprint density at radius 2 is 1.92 bits per heavy atom. The summed E-state index contributed by atoms with van der Waals surface area (Å²) in [4.78, 5) is 0. The standard InChI is InChI=1S/C13H26/c1-6-10(2)9-12-8-7-11(3)13(12,4)5/h10-12H,6-9H2,1-5H3. The SMILES string of the molecule is CCC(C)CC1CCC(C)C1(C)C. The van der Waals surface area contributed by atoms with Crippen molar-refractivity contribution in [2.24, 2.45) is 23.2 Å². The van der Waals surface area contributed by atoms with Gasteiger partial charge >= 0.3 is 0 Å². The molecule has 13 heavy (non-hydrogen) atoms. The summed E-state index contributed by atoms with van der Waals surface area (Å²) in [6.45, 7) is 12.1. The Bertz CT molecular complexity index is 157. The molecule has 0 heteroatoms. The van der Waals surface area contributed by atoms with E-state index >= 15 is 0 Å². The van der Waals surface area contributed by atoms with Crippen LogP contribution in [0, 0.1) is 23.2 Å². The van der Waals surface area contributed by atoms with Crippen molar-refractivity contribution in [1.29, 1.82) is 0 Å². The van der Waals surface area contributed by atoms with Crippen molar-refractivity contribution in [3.8, 4) is 0 Å². The number of rotatable bonds is 3. The van der Waals surface area contributed by atoms with Crippen LogP contribution in [-0.4, -0.2) is 0 Å². The van der Waals surface area contributed by atoms with Crippen LogP contribution < -0.4 is 0 Å². The van der Waals surface area contributed by atoms with Crippen LogP contribution in [0.3, 0.4) is 0 Å². The first-order chi connectivity index (χ1) is 5.98. The second kappa shape index (κ2) is 4.02. The van der Waals surface area contributed by atoms with E-state index in [2.05, 4.69) is 34.6 Å². The second-order valence-corrected chi connectivity index (χ2v) is 5.75. The van der Waals surface area contributed by atoms with Gasteiger partial charge < -0.3 is 0 Å². The highest BCUT2D eigenvalue weighted by Crippen LogP contribution is 2.49. The van der Waals surface area contributed by atoms with Crippen LogP contribution in [0.5, 0.6) is 0 Å². The summed E-state index contributed by atoms with van der Waals surface area (Å²) < 4.78 is 0. The van der Waals surface area contributed by atoms with Crippen LogP contribution in [0.1, 0.15) is 60.3 Å². The highest BCUT2D eigenvalue weighted by molar-refractivity contribution is 4.90. The molecule has 0 aliphatic heterocycles. The molecule has 3 unspecified atom stereocenters. The van der Waals surface area contributed by atoms with E-state index in [4.69, 9.17) is 0 Å². The molecular weight excluding hydrogens is 156 g/mol. The Hall–Kier alpha value is 0. The predicted octanol–water partition coefficient (Wildman–Crippen LogP) is 4.49. The van der Waals surface area contributed by atoms with Gasteiger partial charge in [-0.1, -0.05) is 41.0 Å². The van der Waals surface area contributed by atoms with Gasteiger partial charge in [0.2, 0.25) is 0 Å². The average molecular weight is 182 g/mol. The second-order valence-electron chi connectivity index (χ2n) is 5.75. The number of hydrogen-bond donors (Lipinski definition) is 0. The normalized spacial score (nSPS) is 34.8. The molecule has 0 aromatic heterocycles. The van der Waals surface area contributed by atoms with Crippen LogP contribution in [0.15, 0.2) is 0 Å². The predicted molar refractivity (Wildman–Crippen MR) is 59.7 cm³/mol. The summed E-state index contributed by atoms with van der Waals surface area (Å²) in [5.41, 5.74) is 0.601. The third-order valence-corrected chi connectivity index (χ3v) is 4.65. The van der Waals surface area contributed by atoms with Crippen molar-refractivity contribution in [2.45, 2.75) is 60.3 Å². The summed E-state index contributed by atoms with van der Waals surface area (Å²) in [5, 5.41) is 0. The van der Waals surface area contributed by atoms with Crippen molar-refractivity contribution >= 4 is 0 Å². The summed E-state index contributed by atoms with van der Waals surface area (Å²) >= 11 is 0. The first kappa shape index (κ1) is 11.1. The first-order valence-electron chi connectivity index (χ1n) is 5.98. The van der Waals surface area contributed by atoms with Crippen molar-refractivity contribution in [2.75, 3.05) is 0 Å². The summed E-state index contributed by atoms with van der Waals surface area (Å²) in [6, 6.07) is 0. The Labute approximate surface area is 84.1 Å². The molecule has 0 saturated heterocycles. The van der Waals surface area contributed by atoms with Gasteiger partial charge in [0.05, 0.1) is 0 Å². The molecule has 0 nitrogen and oxygen atoms in total. The quantitative estimate of drug-likeness (QED) is 0.603. The highest BCUT2D eigenvalue weighted by atomic mass is 14.4. The van der Waals surface area contributed by atoms with Gasteiger partial charge in [0.15, 0.2) is 0 Å². The molecule has 0 N–H and O–H groups in total. The lowest BCUT2D eigenvalue weighted by atomic mass is 9.73. The Morgan fingerprint density at radius 1 is 1.31 bits per heavy atom. The zero-order valence-electron chi connectivity index (χ0n) is 10.1. The molecule has 0 radical (unpaired) electrons. The van der Waals surface area contributed by atoms with Gasteiger partial charge in [0.1, 0.15) is 0 Å². The topological polar surface area (TPSA) is 0 Å². The minimum atomic E-state index is 0.601. The molecule has 1 aliphatic carbocycles. The van der Waals surface area contributed by atoms with E-state index in [1.807, 2.05) is 0 Å². The highest BCUT2D eigenvalue weighted by Gasteiger charge is 2.40.